The van der Waals surface area contributed by atoms with Gasteiger partial charge in [-0.1, -0.05) is 13.8 Å². The summed E-state index contributed by atoms with van der Waals surface area (Å²) in [6.07, 6.45) is 0.0594. The normalized spacial score (nSPS) is 22.4. The molecule has 2 saturated heterocycles. The molecule has 2 fully saturated rings. The predicted molar refractivity (Wildman–Crippen MR) is 129 cm³/mol. The summed E-state index contributed by atoms with van der Waals surface area (Å²) < 4.78 is 54.5. The van der Waals surface area contributed by atoms with Gasteiger partial charge in [0.25, 0.3) is 0 Å². The number of carboxylic acid groups (broad SMARTS) is 1. The molecular weight excluding hydrogens is 496 g/mol. The van der Waals surface area contributed by atoms with Crippen molar-refractivity contribution < 1.29 is 31.5 Å². The maximum atomic E-state index is 13.3. The molecule has 11 nitrogen and oxygen atoms in total. The molecule has 2 heterocycles. The number of nitrogens with zero attached hydrogens (tertiary/aromatic N) is 4. The second kappa shape index (κ2) is 10.8. The summed E-state index contributed by atoms with van der Waals surface area (Å²) >= 11 is 0. The molecule has 35 heavy (non-hydrogen) atoms. The van der Waals surface area contributed by atoms with Gasteiger partial charge in [-0.25, -0.2) is 21.6 Å². The molecule has 0 spiro atoms. The lowest BCUT2D eigenvalue weighted by Crippen LogP contribution is -2.57. The predicted octanol–water partition coefficient (Wildman–Crippen LogP) is 1.33. The summed E-state index contributed by atoms with van der Waals surface area (Å²) in [6, 6.07) is 4.86. The van der Waals surface area contributed by atoms with E-state index in [2.05, 4.69) is 0 Å². The Labute approximate surface area is 207 Å². The lowest BCUT2D eigenvalue weighted by Gasteiger charge is -2.41. The zero-order chi connectivity index (χ0) is 26.0. The Bertz CT molecular complexity index is 1130. The van der Waals surface area contributed by atoms with E-state index in [4.69, 9.17) is 0 Å². The van der Waals surface area contributed by atoms with Crippen molar-refractivity contribution in [3.05, 3.63) is 24.3 Å². The smallest absolute Gasteiger partial charge is 0.407 e. The number of piperazine rings is 1. The Morgan fingerprint density at radius 2 is 1.57 bits per heavy atom. The summed E-state index contributed by atoms with van der Waals surface area (Å²) in [7, 11) is -7.62. The van der Waals surface area contributed by atoms with Crippen LogP contribution in [0.4, 0.5) is 4.79 Å². The van der Waals surface area contributed by atoms with Gasteiger partial charge in [0.15, 0.2) is 0 Å². The molecular formula is C22H34N4O7S2. The zero-order valence-electron chi connectivity index (χ0n) is 20.3. The summed E-state index contributed by atoms with van der Waals surface area (Å²) in [6.45, 7) is 6.93. The molecule has 2 atom stereocenters. The Kier molecular flexibility index (Phi) is 8.45. The summed E-state index contributed by atoms with van der Waals surface area (Å²) in [5.74, 6) is -0.674. The maximum absolute atomic E-state index is 13.3. The highest BCUT2D eigenvalue weighted by molar-refractivity contribution is 7.89. The minimum absolute atomic E-state index is 0.0206. The number of amides is 2. The lowest BCUT2D eigenvalue weighted by molar-refractivity contribution is -0.139. The van der Waals surface area contributed by atoms with Crippen LogP contribution in [-0.2, 0) is 24.8 Å². The molecule has 0 unspecified atom stereocenters. The van der Waals surface area contributed by atoms with Crippen molar-refractivity contribution in [1.82, 2.24) is 18.4 Å². The van der Waals surface area contributed by atoms with Crippen molar-refractivity contribution in [2.45, 2.75) is 49.4 Å². The molecule has 196 valence electrons. The first-order valence-electron chi connectivity index (χ1n) is 11.8. The van der Waals surface area contributed by atoms with Crippen LogP contribution >= 0.6 is 0 Å². The zero-order valence-corrected chi connectivity index (χ0v) is 22.0. The number of hydrogen-bond donors (Lipinski definition) is 1. The average Bonchev–Trinajstić information content (AvgIpc) is 2.84. The van der Waals surface area contributed by atoms with Crippen LogP contribution in [-0.4, -0.2) is 104 Å². The fourth-order valence-electron chi connectivity index (χ4n) is 4.71. The Hall–Kier alpha value is -2.22. The van der Waals surface area contributed by atoms with Gasteiger partial charge >= 0.3 is 6.09 Å². The Morgan fingerprint density at radius 1 is 0.971 bits per heavy atom. The van der Waals surface area contributed by atoms with Gasteiger partial charge in [0.1, 0.15) is 0 Å². The van der Waals surface area contributed by atoms with E-state index in [0.717, 1.165) is 0 Å². The number of hydrogen-bond acceptors (Lipinski definition) is 6. The van der Waals surface area contributed by atoms with E-state index in [9.17, 15) is 31.5 Å². The first-order valence-corrected chi connectivity index (χ1v) is 14.7. The van der Waals surface area contributed by atoms with Gasteiger partial charge in [-0.15, -0.1) is 0 Å². The highest BCUT2D eigenvalue weighted by Crippen LogP contribution is 2.27. The number of rotatable bonds is 7. The van der Waals surface area contributed by atoms with E-state index in [0.29, 0.717) is 25.9 Å². The van der Waals surface area contributed by atoms with Crippen molar-refractivity contribution >= 4 is 32.0 Å². The van der Waals surface area contributed by atoms with Crippen LogP contribution in [0.15, 0.2) is 34.1 Å². The molecule has 2 aliphatic rings. The Morgan fingerprint density at radius 3 is 2.11 bits per heavy atom. The third kappa shape index (κ3) is 5.63. The standard InChI is InChI=1S/C22H34N4O7S2/c1-4-24(5-2)34(30,31)19-8-10-20(11-9-19)35(32,33)25-12-6-7-18(16-25)21(27)23-13-14-26(22(28)29)17(3)15-23/h8-11,17-18H,4-7,12-16H2,1-3H3,(H,28,29)/t17-,18+/m0/s1. The first kappa shape index (κ1) is 27.4. The fourth-order valence-corrected chi connectivity index (χ4v) is 7.69. The van der Waals surface area contributed by atoms with E-state index in [1.165, 1.54) is 37.8 Å². The van der Waals surface area contributed by atoms with E-state index in [-0.39, 0.29) is 54.5 Å². The molecule has 2 aliphatic heterocycles. The van der Waals surface area contributed by atoms with Gasteiger partial charge < -0.3 is 14.9 Å². The monoisotopic (exact) mass is 530 g/mol. The van der Waals surface area contributed by atoms with E-state index >= 15 is 0 Å². The fraction of sp³-hybridized carbons (Fsp3) is 0.636. The molecule has 3 rings (SSSR count). The molecule has 0 aromatic heterocycles. The van der Waals surface area contributed by atoms with Crippen LogP contribution in [0.5, 0.6) is 0 Å². The SMILES string of the molecule is CCN(CC)S(=O)(=O)c1ccc(S(=O)(=O)N2CCC[C@@H](C(=O)N3CCN(C(=O)O)[C@@H](C)C3)C2)cc1. The first-order chi connectivity index (χ1) is 16.4. The number of benzene rings is 1. The van der Waals surface area contributed by atoms with Crippen molar-refractivity contribution in [1.29, 1.82) is 0 Å². The van der Waals surface area contributed by atoms with Crippen molar-refractivity contribution in [2.75, 3.05) is 45.8 Å². The third-order valence-electron chi connectivity index (χ3n) is 6.72. The van der Waals surface area contributed by atoms with Crippen LogP contribution in [0.1, 0.15) is 33.6 Å². The van der Waals surface area contributed by atoms with Gasteiger partial charge in [-0.2, -0.15) is 8.61 Å². The minimum atomic E-state index is -3.92. The second-order valence-electron chi connectivity index (χ2n) is 8.87. The molecule has 13 heteroatoms. The van der Waals surface area contributed by atoms with Gasteiger partial charge in [-0.3, -0.25) is 4.79 Å². The number of carbonyl (C=O) groups is 2. The molecule has 2 amide bonds. The average molecular weight is 531 g/mol. The quantitative estimate of drug-likeness (QED) is 0.562. The van der Waals surface area contributed by atoms with Crippen LogP contribution in [0.2, 0.25) is 0 Å². The molecule has 0 saturated carbocycles. The molecule has 1 N–H and O–H groups in total. The summed E-state index contributed by atoms with van der Waals surface area (Å²) in [5, 5.41) is 9.24. The van der Waals surface area contributed by atoms with E-state index in [1.54, 1.807) is 25.7 Å². The van der Waals surface area contributed by atoms with Crippen LogP contribution in [0, 0.1) is 5.92 Å². The minimum Gasteiger partial charge on any atom is -0.465 e. The lowest BCUT2D eigenvalue weighted by atomic mass is 9.97. The third-order valence-corrected chi connectivity index (χ3v) is 10.7. The summed E-state index contributed by atoms with van der Waals surface area (Å²) in [4.78, 5) is 27.3. The van der Waals surface area contributed by atoms with Crippen LogP contribution < -0.4 is 0 Å². The largest absolute Gasteiger partial charge is 0.465 e. The Balaban J connectivity index is 1.72. The maximum Gasteiger partial charge on any atom is 0.407 e. The van der Waals surface area contributed by atoms with E-state index in [1.807, 2.05) is 0 Å². The number of sulfonamides is 2. The molecule has 0 bridgehead atoms. The van der Waals surface area contributed by atoms with Crippen LogP contribution in [0.3, 0.4) is 0 Å². The van der Waals surface area contributed by atoms with Gasteiger partial charge in [0.05, 0.1) is 15.7 Å². The molecule has 0 radical (unpaired) electrons. The van der Waals surface area contributed by atoms with Gasteiger partial charge in [-0.05, 0) is 44.0 Å². The highest BCUT2D eigenvalue weighted by Gasteiger charge is 2.37. The molecule has 1 aromatic carbocycles. The summed E-state index contributed by atoms with van der Waals surface area (Å²) in [5.41, 5.74) is 0. The molecule has 1 aromatic rings. The van der Waals surface area contributed by atoms with Gasteiger partial charge in [0.2, 0.25) is 26.0 Å². The molecule has 0 aliphatic carbocycles. The highest BCUT2D eigenvalue weighted by atomic mass is 32.2. The van der Waals surface area contributed by atoms with Crippen LogP contribution in [0.25, 0.3) is 0 Å². The van der Waals surface area contributed by atoms with Gasteiger partial charge in [0, 0.05) is 51.9 Å². The second-order valence-corrected chi connectivity index (χ2v) is 12.7. The number of piperidine rings is 1. The topological polar surface area (TPSA) is 136 Å². The number of carbonyl (C=O) groups excluding carboxylic acids is 1. The van der Waals surface area contributed by atoms with Crippen molar-refractivity contribution in [2.24, 2.45) is 5.92 Å². The van der Waals surface area contributed by atoms with Crippen molar-refractivity contribution in [3.63, 3.8) is 0 Å². The van der Waals surface area contributed by atoms with Crippen molar-refractivity contribution in [3.8, 4) is 0 Å². The van der Waals surface area contributed by atoms with E-state index < -0.39 is 32.1 Å².